The minimum absolute atomic E-state index is 0.0778. The molecule has 5 heteroatoms. The van der Waals surface area contributed by atoms with Crippen LogP contribution in [0.3, 0.4) is 0 Å². The molecule has 1 aliphatic rings. The molecule has 92 valence electrons. The number of aromatic hydroxyl groups is 1. The van der Waals surface area contributed by atoms with Crippen molar-refractivity contribution in [3.05, 3.63) is 23.8 Å². The number of carbonyl (C=O) groups excluding carboxylic acids is 1. The van der Waals surface area contributed by atoms with Gasteiger partial charge in [-0.05, 0) is 25.0 Å². The number of hydrogen-bond acceptors (Lipinski definition) is 3. The Kier molecular flexibility index (Phi) is 3.49. The molecule has 1 aromatic carbocycles. The van der Waals surface area contributed by atoms with Crippen LogP contribution in [0.15, 0.2) is 18.2 Å². The molecule has 0 radical (unpaired) electrons. The molecular formula is C12H16N2O3. The lowest BCUT2D eigenvalue weighted by molar-refractivity contribution is 0.189. The fraction of sp³-hybridized carbons (Fsp3) is 0.417. The number of urea groups is 1. The van der Waals surface area contributed by atoms with Crippen LogP contribution in [0.2, 0.25) is 0 Å². The molecule has 2 rings (SSSR count). The van der Waals surface area contributed by atoms with Crippen LogP contribution < -0.4 is 10.6 Å². The van der Waals surface area contributed by atoms with Crippen molar-refractivity contribution >= 4 is 11.7 Å². The summed E-state index contributed by atoms with van der Waals surface area (Å²) in [7, 11) is 0. The second kappa shape index (κ2) is 5.05. The summed E-state index contributed by atoms with van der Waals surface area (Å²) < 4.78 is 5.16. The number of anilines is 1. The van der Waals surface area contributed by atoms with Crippen LogP contribution in [0.5, 0.6) is 5.75 Å². The molecule has 1 aromatic rings. The Morgan fingerprint density at radius 2 is 2.35 bits per heavy atom. The predicted octanol–water partition coefficient (Wildman–Crippen LogP) is 1.61. The van der Waals surface area contributed by atoms with E-state index in [-0.39, 0.29) is 17.8 Å². The highest BCUT2D eigenvalue weighted by atomic mass is 16.5. The highest BCUT2D eigenvalue weighted by molar-refractivity contribution is 5.89. The summed E-state index contributed by atoms with van der Waals surface area (Å²) in [5, 5.41) is 15.0. The monoisotopic (exact) mass is 236 g/mol. The molecule has 1 fully saturated rings. The summed E-state index contributed by atoms with van der Waals surface area (Å²) in [6, 6.07) is 4.83. The van der Waals surface area contributed by atoms with Gasteiger partial charge in [-0.15, -0.1) is 0 Å². The average molecular weight is 236 g/mol. The molecule has 0 spiro atoms. The largest absolute Gasteiger partial charge is 0.508 e. The Morgan fingerprint density at radius 1 is 1.53 bits per heavy atom. The van der Waals surface area contributed by atoms with E-state index in [1.807, 2.05) is 0 Å². The van der Waals surface area contributed by atoms with E-state index in [9.17, 15) is 9.90 Å². The zero-order valence-electron chi connectivity index (χ0n) is 9.69. The van der Waals surface area contributed by atoms with E-state index >= 15 is 0 Å². The molecule has 1 unspecified atom stereocenters. The molecular weight excluding hydrogens is 220 g/mol. The second-order valence-electron chi connectivity index (χ2n) is 4.16. The number of aryl methyl sites for hydroxylation is 1. The first-order valence-electron chi connectivity index (χ1n) is 5.60. The van der Waals surface area contributed by atoms with Crippen LogP contribution in [-0.2, 0) is 4.74 Å². The maximum absolute atomic E-state index is 11.6. The summed E-state index contributed by atoms with van der Waals surface area (Å²) >= 11 is 0. The average Bonchev–Trinajstić information content (AvgIpc) is 2.76. The van der Waals surface area contributed by atoms with Crippen molar-refractivity contribution in [1.82, 2.24) is 5.32 Å². The van der Waals surface area contributed by atoms with Gasteiger partial charge in [0.15, 0.2) is 0 Å². The van der Waals surface area contributed by atoms with Crippen molar-refractivity contribution in [2.45, 2.75) is 19.4 Å². The smallest absolute Gasteiger partial charge is 0.319 e. The Morgan fingerprint density at radius 3 is 3.00 bits per heavy atom. The first-order chi connectivity index (χ1) is 8.15. The van der Waals surface area contributed by atoms with Crippen molar-refractivity contribution in [2.24, 2.45) is 0 Å². The zero-order valence-corrected chi connectivity index (χ0v) is 9.69. The van der Waals surface area contributed by atoms with E-state index in [1.54, 1.807) is 19.1 Å². The third-order valence-corrected chi connectivity index (χ3v) is 2.73. The van der Waals surface area contributed by atoms with Crippen molar-refractivity contribution in [3.63, 3.8) is 0 Å². The molecule has 0 saturated carbocycles. The number of carbonyl (C=O) groups is 1. The molecule has 1 heterocycles. The highest BCUT2D eigenvalue weighted by Gasteiger charge is 2.17. The summed E-state index contributed by atoms with van der Waals surface area (Å²) in [4.78, 5) is 11.6. The Bertz CT molecular complexity index is 414. The van der Waals surface area contributed by atoms with E-state index in [0.29, 0.717) is 18.9 Å². The summed E-state index contributed by atoms with van der Waals surface area (Å²) in [5.41, 5.74) is 1.35. The van der Waals surface area contributed by atoms with E-state index in [1.165, 1.54) is 6.07 Å². The lowest BCUT2D eigenvalue weighted by atomic mass is 10.2. The van der Waals surface area contributed by atoms with Gasteiger partial charge in [-0.1, -0.05) is 6.07 Å². The predicted molar refractivity (Wildman–Crippen MR) is 64.2 cm³/mol. The zero-order chi connectivity index (χ0) is 12.3. The fourth-order valence-electron chi connectivity index (χ4n) is 1.69. The summed E-state index contributed by atoms with van der Waals surface area (Å²) in [5.74, 6) is 0.173. The van der Waals surface area contributed by atoms with Gasteiger partial charge in [0, 0.05) is 18.4 Å². The van der Waals surface area contributed by atoms with Crippen molar-refractivity contribution in [3.8, 4) is 5.75 Å². The minimum Gasteiger partial charge on any atom is -0.508 e. The molecule has 2 amide bonds. The molecule has 17 heavy (non-hydrogen) atoms. The van der Waals surface area contributed by atoms with Crippen LogP contribution >= 0.6 is 0 Å². The van der Waals surface area contributed by atoms with Gasteiger partial charge < -0.3 is 20.5 Å². The Labute approximate surface area is 99.8 Å². The number of ether oxygens (including phenoxy) is 1. The van der Waals surface area contributed by atoms with E-state index in [2.05, 4.69) is 10.6 Å². The van der Waals surface area contributed by atoms with E-state index < -0.39 is 0 Å². The van der Waals surface area contributed by atoms with E-state index in [0.717, 1.165) is 12.0 Å². The fourth-order valence-corrected chi connectivity index (χ4v) is 1.69. The third kappa shape index (κ3) is 3.10. The van der Waals surface area contributed by atoms with Crippen LogP contribution in [-0.4, -0.2) is 30.4 Å². The standard InChI is InChI=1S/C12H16N2O3/c1-8-2-3-9(6-11(8)15)13-12(16)14-10-4-5-17-7-10/h2-3,6,10,15H,4-5,7H2,1H3,(H2,13,14,16). The van der Waals surface area contributed by atoms with Gasteiger partial charge in [-0.2, -0.15) is 0 Å². The van der Waals surface area contributed by atoms with Crippen LogP contribution in [0.25, 0.3) is 0 Å². The lowest BCUT2D eigenvalue weighted by Gasteiger charge is -2.12. The van der Waals surface area contributed by atoms with Crippen molar-refractivity contribution in [1.29, 1.82) is 0 Å². The molecule has 1 saturated heterocycles. The molecule has 1 aliphatic heterocycles. The second-order valence-corrected chi connectivity index (χ2v) is 4.16. The highest BCUT2D eigenvalue weighted by Crippen LogP contribution is 2.20. The molecule has 5 nitrogen and oxygen atoms in total. The number of benzene rings is 1. The quantitative estimate of drug-likeness (QED) is 0.730. The summed E-state index contributed by atoms with van der Waals surface area (Å²) in [6.07, 6.45) is 0.840. The molecule has 0 bridgehead atoms. The Balaban J connectivity index is 1.90. The lowest BCUT2D eigenvalue weighted by Crippen LogP contribution is -2.38. The van der Waals surface area contributed by atoms with E-state index in [4.69, 9.17) is 4.74 Å². The topological polar surface area (TPSA) is 70.6 Å². The summed E-state index contributed by atoms with van der Waals surface area (Å²) in [6.45, 7) is 3.05. The van der Waals surface area contributed by atoms with Gasteiger partial charge in [0.05, 0.1) is 12.6 Å². The molecule has 3 N–H and O–H groups in total. The SMILES string of the molecule is Cc1ccc(NC(=O)NC2CCOC2)cc1O. The van der Waals surface area contributed by atoms with Crippen molar-refractivity contribution in [2.75, 3.05) is 18.5 Å². The Hall–Kier alpha value is -1.75. The number of hydrogen-bond donors (Lipinski definition) is 3. The maximum atomic E-state index is 11.6. The normalized spacial score (nSPS) is 19.0. The first-order valence-corrected chi connectivity index (χ1v) is 5.60. The number of amides is 2. The van der Waals surface area contributed by atoms with Gasteiger partial charge in [-0.25, -0.2) is 4.79 Å². The third-order valence-electron chi connectivity index (χ3n) is 2.73. The number of nitrogens with one attached hydrogen (secondary N) is 2. The molecule has 0 aromatic heterocycles. The van der Waals surface area contributed by atoms with Crippen LogP contribution in [0, 0.1) is 6.92 Å². The maximum Gasteiger partial charge on any atom is 0.319 e. The minimum atomic E-state index is -0.274. The molecule has 1 atom stereocenters. The van der Waals surface area contributed by atoms with Gasteiger partial charge in [0.1, 0.15) is 5.75 Å². The van der Waals surface area contributed by atoms with Gasteiger partial charge in [0.25, 0.3) is 0 Å². The first kappa shape index (κ1) is 11.7. The number of phenols is 1. The van der Waals surface area contributed by atoms with Gasteiger partial charge in [0.2, 0.25) is 0 Å². The number of rotatable bonds is 2. The van der Waals surface area contributed by atoms with Crippen LogP contribution in [0.4, 0.5) is 10.5 Å². The number of phenolic OH excluding ortho intramolecular Hbond substituents is 1. The van der Waals surface area contributed by atoms with Gasteiger partial charge in [-0.3, -0.25) is 0 Å². The van der Waals surface area contributed by atoms with Crippen molar-refractivity contribution < 1.29 is 14.6 Å². The molecule has 0 aliphatic carbocycles. The van der Waals surface area contributed by atoms with Crippen LogP contribution in [0.1, 0.15) is 12.0 Å². The van der Waals surface area contributed by atoms with Gasteiger partial charge >= 0.3 is 6.03 Å².